The molecular formula is C12H25NS2. The smallest absolute Gasteiger partial charge is 0.00726 e. The number of hydrogen-bond acceptors (Lipinski definition) is 3. The Balaban J connectivity index is 2.48. The van der Waals surface area contributed by atoms with E-state index in [0.29, 0.717) is 5.41 Å². The monoisotopic (exact) mass is 247 g/mol. The van der Waals surface area contributed by atoms with Gasteiger partial charge in [-0.3, -0.25) is 0 Å². The first-order valence-corrected chi connectivity index (χ1v) is 7.96. The van der Waals surface area contributed by atoms with E-state index in [0.717, 1.165) is 5.75 Å². The van der Waals surface area contributed by atoms with Crippen LogP contribution in [0.5, 0.6) is 0 Å². The lowest BCUT2D eigenvalue weighted by atomic mass is 9.84. The molecule has 0 atom stereocenters. The van der Waals surface area contributed by atoms with E-state index in [1.165, 1.54) is 50.4 Å². The van der Waals surface area contributed by atoms with Crippen LogP contribution in [-0.4, -0.2) is 41.8 Å². The molecule has 0 aliphatic carbocycles. The van der Waals surface area contributed by atoms with Crippen molar-refractivity contribution in [1.29, 1.82) is 0 Å². The van der Waals surface area contributed by atoms with E-state index in [-0.39, 0.29) is 0 Å². The second kappa shape index (κ2) is 7.08. The molecule has 1 saturated heterocycles. The Morgan fingerprint density at radius 1 is 1.20 bits per heavy atom. The molecule has 0 amide bonds. The van der Waals surface area contributed by atoms with Crippen LogP contribution in [0.25, 0.3) is 0 Å². The van der Waals surface area contributed by atoms with Crippen molar-refractivity contribution in [2.45, 2.75) is 33.1 Å². The predicted molar refractivity (Wildman–Crippen MR) is 75.3 cm³/mol. The number of nitrogens with zero attached hydrogens (tertiary/aromatic N) is 1. The molecule has 0 unspecified atom stereocenters. The van der Waals surface area contributed by atoms with Gasteiger partial charge in [-0.15, -0.1) is 0 Å². The highest BCUT2D eigenvalue weighted by molar-refractivity contribution is 7.99. The second-order valence-electron chi connectivity index (χ2n) is 4.61. The second-order valence-corrected chi connectivity index (χ2v) is 6.15. The summed E-state index contributed by atoms with van der Waals surface area (Å²) < 4.78 is 0. The first-order chi connectivity index (χ1) is 7.26. The molecule has 0 radical (unpaired) electrons. The van der Waals surface area contributed by atoms with Crippen molar-refractivity contribution < 1.29 is 0 Å². The van der Waals surface area contributed by atoms with Gasteiger partial charge in [0.25, 0.3) is 0 Å². The SMILES string of the molecule is CCC(CC)(CS)CN1CCCSCC1. The van der Waals surface area contributed by atoms with Crippen LogP contribution in [0.4, 0.5) is 0 Å². The van der Waals surface area contributed by atoms with Crippen molar-refractivity contribution >= 4 is 24.4 Å². The van der Waals surface area contributed by atoms with Gasteiger partial charge in [-0.1, -0.05) is 13.8 Å². The molecule has 1 rings (SSSR count). The van der Waals surface area contributed by atoms with Gasteiger partial charge in [0.05, 0.1) is 0 Å². The fourth-order valence-electron chi connectivity index (χ4n) is 2.18. The van der Waals surface area contributed by atoms with Crippen LogP contribution in [0.1, 0.15) is 33.1 Å². The summed E-state index contributed by atoms with van der Waals surface area (Å²) >= 11 is 6.66. The maximum Gasteiger partial charge on any atom is 0.00726 e. The number of hydrogen-bond donors (Lipinski definition) is 1. The van der Waals surface area contributed by atoms with Crippen LogP contribution in [0, 0.1) is 5.41 Å². The van der Waals surface area contributed by atoms with E-state index < -0.39 is 0 Å². The molecular weight excluding hydrogens is 222 g/mol. The van der Waals surface area contributed by atoms with Gasteiger partial charge in [0.1, 0.15) is 0 Å². The summed E-state index contributed by atoms with van der Waals surface area (Å²) in [5.74, 6) is 3.70. The van der Waals surface area contributed by atoms with Gasteiger partial charge in [-0.25, -0.2) is 0 Å². The van der Waals surface area contributed by atoms with Gasteiger partial charge in [-0.05, 0) is 42.7 Å². The van der Waals surface area contributed by atoms with Crippen molar-refractivity contribution in [3.05, 3.63) is 0 Å². The van der Waals surface area contributed by atoms with Crippen LogP contribution >= 0.6 is 24.4 Å². The lowest BCUT2D eigenvalue weighted by Gasteiger charge is -2.35. The Labute approximate surface area is 105 Å². The molecule has 0 bridgehead atoms. The zero-order valence-electron chi connectivity index (χ0n) is 10.2. The van der Waals surface area contributed by atoms with Crippen LogP contribution in [-0.2, 0) is 0 Å². The standard InChI is InChI=1S/C12H25NS2/c1-3-12(4-2,11-14)10-13-6-5-8-15-9-7-13/h14H,3-11H2,1-2H3. The Kier molecular flexibility index (Phi) is 6.48. The molecule has 0 aromatic carbocycles. The van der Waals surface area contributed by atoms with Gasteiger partial charge in [0.2, 0.25) is 0 Å². The summed E-state index contributed by atoms with van der Waals surface area (Å²) in [6, 6.07) is 0. The van der Waals surface area contributed by atoms with Crippen molar-refractivity contribution in [3.63, 3.8) is 0 Å². The molecule has 1 nitrogen and oxygen atoms in total. The lowest BCUT2D eigenvalue weighted by molar-refractivity contribution is 0.167. The molecule has 0 aromatic heterocycles. The molecule has 3 heteroatoms. The van der Waals surface area contributed by atoms with E-state index in [1.807, 2.05) is 0 Å². The van der Waals surface area contributed by atoms with Crippen molar-refractivity contribution in [3.8, 4) is 0 Å². The van der Waals surface area contributed by atoms with Crippen LogP contribution in [0.15, 0.2) is 0 Å². The van der Waals surface area contributed by atoms with E-state index in [1.54, 1.807) is 0 Å². The lowest BCUT2D eigenvalue weighted by Crippen LogP contribution is -2.39. The van der Waals surface area contributed by atoms with Crippen molar-refractivity contribution in [1.82, 2.24) is 4.90 Å². The topological polar surface area (TPSA) is 3.24 Å². The molecule has 15 heavy (non-hydrogen) atoms. The van der Waals surface area contributed by atoms with Gasteiger partial charge < -0.3 is 4.90 Å². The molecule has 90 valence electrons. The normalized spacial score (nSPS) is 20.2. The highest BCUT2D eigenvalue weighted by Crippen LogP contribution is 2.29. The third-order valence-corrected chi connectivity index (χ3v) is 5.43. The average Bonchev–Trinajstić information content (AvgIpc) is 2.54. The Hall–Kier alpha value is 0.660. The zero-order valence-corrected chi connectivity index (χ0v) is 11.9. The first kappa shape index (κ1) is 13.7. The summed E-state index contributed by atoms with van der Waals surface area (Å²) in [5.41, 5.74) is 0.456. The first-order valence-electron chi connectivity index (χ1n) is 6.17. The van der Waals surface area contributed by atoms with E-state index in [9.17, 15) is 0 Å². The van der Waals surface area contributed by atoms with Gasteiger partial charge in [-0.2, -0.15) is 24.4 Å². The quantitative estimate of drug-likeness (QED) is 0.744. The van der Waals surface area contributed by atoms with Crippen LogP contribution in [0.2, 0.25) is 0 Å². The Morgan fingerprint density at radius 3 is 2.53 bits per heavy atom. The van der Waals surface area contributed by atoms with Crippen molar-refractivity contribution in [2.75, 3.05) is 36.9 Å². The fourth-order valence-corrected chi connectivity index (χ4v) is 3.65. The molecule has 0 saturated carbocycles. The molecule has 0 aromatic rings. The predicted octanol–water partition coefficient (Wildman–Crippen LogP) is 3.16. The molecule has 1 heterocycles. The van der Waals surface area contributed by atoms with Gasteiger partial charge in [0.15, 0.2) is 0 Å². The van der Waals surface area contributed by atoms with Crippen LogP contribution < -0.4 is 0 Å². The van der Waals surface area contributed by atoms with E-state index in [4.69, 9.17) is 0 Å². The minimum atomic E-state index is 0.456. The highest BCUT2D eigenvalue weighted by atomic mass is 32.2. The van der Waals surface area contributed by atoms with Crippen LogP contribution in [0.3, 0.4) is 0 Å². The number of thioether (sulfide) groups is 1. The maximum absolute atomic E-state index is 4.56. The summed E-state index contributed by atoms with van der Waals surface area (Å²) in [6.07, 6.45) is 3.88. The minimum Gasteiger partial charge on any atom is -0.302 e. The molecule has 0 spiro atoms. The summed E-state index contributed by atoms with van der Waals surface area (Å²) in [5, 5.41) is 0. The van der Waals surface area contributed by atoms with Crippen molar-refractivity contribution in [2.24, 2.45) is 5.41 Å². The fraction of sp³-hybridized carbons (Fsp3) is 1.00. The van der Waals surface area contributed by atoms with Gasteiger partial charge in [0, 0.05) is 18.8 Å². The number of thiol groups is 1. The minimum absolute atomic E-state index is 0.456. The third kappa shape index (κ3) is 4.20. The summed E-state index contributed by atoms with van der Waals surface area (Å²) in [6.45, 7) is 8.45. The summed E-state index contributed by atoms with van der Waals surface area (Å²) in [4.78, 5) is 2.66. The Bertz CT molecular complexity index is 153. The maximum atomic E-state index is 4.56. The number of rotatable bonds is 5. The third-order valence-electron chi connectivity index (χ3n) is 3.71. The highest BCUT2D eigenvalue weighted by Gasteiger charge is 2.27. The van der Waals surface area contributed by atoms with E-state index >= 15 is 0 Å². The molecule has 1 aliphatic heterocycles. The summed E-state index contributed by atoms with van der Waals surface area (Å²) in [7, 11) is 0. The van der Waals surface area contributed by atoms with E-state index in [2.05, 4.69) is 43.1 Å². The van der Waals surface area contributed by atoms with Gasteiger partial charge >= 0.3 is 0 Å². The average molecular weight is 247 g/mol. The zero-order chi connectivity index (χ0) is 11.1. The Morgan fingerprint density at radius 2 is 1.93 bits per heavy atom. The molecule has 1 fully saturated rings. The molecule has 1 aliphatic rings. The molecule has 0 N–H and O–H groups in total. The largest absolute Gasteiger partial charge is 0.302 e.